The van der Waals surface area contributed by atoms with Crippen molar-refractivity contribution in [3.63, 3.8) is 0 Å². The number of anilines is 2. The first kappa shape index (κ1) is 23.8. The van der Waals surface area contributed by atoms with Gasteiger partial charge in [0.25, 0.3) is 0 Å². The summed E-state index contributed by atoms with van der Waals surface area (Å²) in [5, 5.41) is 9.89. The van der Waals surface area contributed by atoms with Gasteiger partial charge in [-0.3, -0.25) is 4.99 Å². The second-order valence-corrected chi connectivity index (χ2v) is 5.77. The minimum Gasteiger partial charge on any atom is -0.493 e. The van der Waals surface area contributed by atoms with Gasteiger partial charge in [-0.2, -0.15) is 0 Å². The molecule has 0 spiro atoms. The van der Waals surface area contributed by atoms with Crippen molar-refractivity contribution in [1.29, 1.82) is 0 Å². The van der Waals surface area contributed by atoms with Crippen molar-refractivity contribution in [2.75, 3.05) is 44.5 Å². The molecule has 0 saturated carbocycles. The van der Waals surface area contributed by atoms with Crippen molar-refractivity contribution < 1.29 is 9.47 Å². The molecule has 0 bridgehead atoms. The minimum atomic E-state index is 0. The molecule has 3 N–H and O–H groups in total. The number of hydrogen-bond acceptors (Lipinski definition) is 5. The molecule has 0 aliphatic heterocycles. The normalized spacial score (nSPS) is 10.6. The average molecular weight is 499 g/mol. The van der Waals surface area contributed by atoms with Crippen LogP contribution in [0.25, 0.3) is 0 Å². The molecule has 0 amide bonds. The van der Waals surface area contributed by atoms with E-state index < -0.39 is 0 Å². The van der Waals surface area contributed by atoms with Crippen LogP contribution in [-0.2, 0) is 0 Å². The number of aromatic nitrogens is 1. The molecule has 0 atom stereocenters. The van der Waals surface area contributed by atoms with E-state index in [1.165, 1.54) is 0 Å². The third kappa shape index (κ3) is 8.20. The highest BCUT2D eigenvalue weighted by Gasteiger charge is 2.06. The van der Waals surface area contributed by atoms with Crippen molar-refractivity contribution in [2.45, 2.75) is 19.8 Å². The van der Waals surface area contributed by atoms with Gasteiger partial charge < -0.3 is 25.4 Å². The zero-order valence-corrected chi connectivity index (χ0v) is 19.0. The summed E-state index contributed by atoms with van der Waals surface area (Å²) in [6.07, 6.45) is 3.85. The highest BCUT2D eigenvalue weighted by Crippen LogP contribution is 2.30. The van der Waals surface area contributed by atoms with E-state index in [1.54, 1.807) is 20.4 Å². The molecular weight excluding hydrogens is 469 g/mol. The van der Waals surface area contributed by atoms with E-state index >= 15 is 0 Å². The molecule has 0 saturated heterocycles. The predicted octanol–water partition coefficient (Wildman–Crippen LogP) is 3.99. The van der Waals surface area contributed by atoms with Crippen LogP contribution < -0.4 is 25.4 Å². The number of ether oxygens (including phenoxy) is 2. The second kappa shape index (κ2) is 13.9. The molecule has 28 heavy (non-hydrogen) atoms. The number of methoxy groups -OCH3 is 1. The molecule has 154 valence electrons. The largest absolute Gasteiger partial charge is 0.493 e. The number of pyridine rings is 1. The molecule has 0 unspecified atom stereocenters. The number of hydrogen-bond donors (Lipinski definition) is 3. The molecule has 1 aromatic carbocycles. The Morgan fingerprint density at radius 1 is 1.11 bits per heavy atom. The Morgan fingerprint density at radius 3 is 2.61 bits per heavy atom. The average Bonchev–Trinajstić information content (AvgIpc) is 2.71. The van der Waals surface area contributed by atoms with Crippen LogP contribution in [0.1, 0.15) is 19.8 Å². The predicted molar refractivity (Wildman–Crippen MR) is 127 cm³/mol. The van der Waals surface area contributed by atoms with E-state index in [0.29, 0.717) is 12.4 Å². The molecule has 7 nitrogen and oxygen atoms in total. The number of rotatable bonds is 10. The first-order chi connectivity index (χ1) is 13.3. The Balaban J connectivity index is 0.00000392. The SMILES string of the molecule is CCOc1ccc(NC(=NC)NCCCCNc2ccccn2)cc1OC.I. The molecule has 0 aliphatic rings. The quantitative estimate of drug-likeness (QED) is 0.199. The zero-order valence-electron chi connectivity index (χ0n) is 16.7. The lowest BCUT2D eigenvalue weighted by molar-refractivity contribution is 0.311. The Hall–Kier alpha value is -2.23. The number of guanidine groups is 1. The first-order valence-corrected chi connectivity index (χ1v) is 9.20. The first-order valence-electron chi connectivity index (χ1n) is 9.20. The van der Waals surface area contributed by atoms with Crippen molar-refractivity contribution in [1.82, 2.24) is 10.3 Å². The molecular formula is C20H30IN5O2. The molecule has 0 aliphatic carbocycles. The Kier molecular flexibility index (Phi) is 11.8. The number of nitrogens with zero attached hydrogens (tertiary/aromatic N) is 2. The van der Waals surface area contributed by atoms with Crippen molar-refractivity contribution in [3.8, 4) is 11.5 Å². The number of halogens is 1. The fourth-order valence-corrected chi connectivity index (χ4v) is 2.48. The van der Waals surface area contributed by atoms with Gasteiger partial charge in [0.05, 0.1) is 13.7 Å². The maximum absolute atomic E-state index is 5.54. The molecule has 1 aromatic heterocycles. The molecule has 0 radical (unpaired) electrons. The van der Waals surface area contributed by atoms with Crippen LogP contribution in [0.5, 0.6) is 11.5 Å². The number of aliphatic imine (C=N–C) groups is 1. The summed E-state index contributed by atoms with van der Waals surface area (Å²) in [5.74, 6) is 3.05. The van der Waals surface area contributed by atoms with Gasteiger partial charge in [-0.1, -0.05) is 6.07 Å². The topological polar surface area (TPSA) is 79.8 Å². The van der Waals surface area contributed by atoms with Crippen LogP contribution in [0.3, 0.4) is 0 Å². The molecule has 2 rings (SSSR count). The van der Waals surface area contributed by atoms with E-state index in [-0.39, 0.29) is 24.0 Å². The summed E-state index contributed by atoms with van der Waals surface area (Å²) in [4.78, 5) is 8.50. The fraction of sp³-hybridized carbons (Fsp3) is 0.400. The van der Waals surface area contributed by atoms with Crippen molar-refractivity contribution in [3.05, 3.63) is 42.6 Å². The zero-order chi connectivity index (χ0) is 19.3. The molecule has 0 fully saturated rings. The lowest BCUT2D eigenvalue weighted by Gasteiger charge is -2.14. The van der Waals surface area contributed by atoms with E-state index in [0.717, 1.165) is 49.1 Å². The van der Waals surface area contributed by atoms with Gasteiger partial charge in [0.1, 0.15) is 5.82 Å². The number of nitrogens with one attached hydrogen (secondary N) is 3. The van der Waals surface area contributed by atoms with E-state index in [1.807, 2.05) is 43.3 Å². The van der Waals surface area contributed by atoms with Crippen LogP contribution in [0.2, 0.25) is 0 Å². The lowest BCUT2D eigenvalue weighted by atomic mass is 10.2. The van der Waals surface area contributed by atoms with Gasteiger partial charge in [-0.05, 0) is 44.0 Å². The van der Waals surface area contributed by atoms with Gasteiger partial charge >= 0.3 is 0 Å². The Bertz CT molecular complexity index is 713. The van der Waals surface area contributed by atoms with Crippen molar-refractivity contribution >= 4 is 41.4 Å². The van der Waals surface area contributed by atoms with Gasteiger partial charge in [0.2, 0.25) is 0 Å². The third-order valence-electron chi connectivity index (χ3n) is 3.82. The van der Waals surface area contributed by atoms with Crippen LogP contribution in [0, 0.1) is 0 Å². The highest BCUT2D eigenvalue weighted by molar-refractivity contribution is 14.0. The molecule has 1 heterocycles. The summed E-state index contributed by atoms with van der Waals surface area (Å²) in [6.45, 7) is 4.27. The minimum absolute atomic E-state index is 0. The number of benzene rings is 1. The van der Waals surface area contributed by atoms with E-state index in [4.69, 9.17) is 9.47 Å². The smallest absolute Gasteiger partial charge is 0.195 e. The summed E-state index contributed by atoms with van der Waals surface area (Å²) < 4.78 is 10.9. The molecule has 2 aromatic rings. The van der Waals surface area contributed by atoms with E-state index in [2.05, 4.69) is 25.9 Å². The van der Waals surface area contributed by atoms with Gasteiger partial charge in [0, 0.05) is 38.1 Å². The monoisotopic (exact) mass is 499 g/mol. The summed E-state index contributed by atoms with van der Waals surface area (Å²) in [7, 11) is 3.39. The fourth-order valence-electron chi connectivity index (χ4n) is 2.48. The van der Waals surface area contributed by atoms with Gasteiger partial charge in [-0.15, -0.1) is 24.0 Å². The summed E-state index contributed by atoms with van der Waals surface area (Å²) >= 11 is 0. The van der Waals surface area contributed by atoms with E-state index in [9.17, 15) is 0 Å². The Morgan fingerprint density at radius 2 is 1.93 bits per heavy atom. The van der Waals surface area contributed by atoms with Crippen LogP contribution in [-0.4, -0.2) is 44.8 Å². The van der Waals surface area contributed by atoms with Crippen molar-refractivity contribution in [2.24, 2.45) is 4.99 Å². The maximum atomic E-state index is 5.54. The van der Waals surface area contributed by atoms with Gasteiger partial charge in [0.15, 0.2) is 17.5 Å². The Labute approximate surface area is 184 Å². The second-order valence-electron chi connectivity index (χ2n) is 5.77. The van der Waals surface area contributed by atoms with Crippen LogP contribution in [0.4, 0.5) is 11.5 Å². The van der Waals surface area contributed by atoms with Gasteiger partial charge in [-0.25, -0.2) is 4.98 Å². The number of unbranched alkanes of at least 4 members (excludes halogenated alkanes) is 1. The van der Waals surface area contributed by atoms with Crippen LogP contribution >= 0.6 is 24.0 Å². The lowest BCUT2D eigenvalue weighted by Crippen LogP contribution is -2.31. The summed E-state index contributed by atoms with van der Waals surface area (Å²) in [5.41, 5.74) is 0.889. The van der Waals surface area contributed by atoms with Crippen LogP contribution in [0.15, 0.2) is 47.6 Å². The third-order valence-corrected chi connectivity index (χ3v) is 3.82. The standard InChI is InChI=1S/C20H29N5O2.HI/c1-4-27-17-11-10-16(15-18(17)26-3)25-20(21-2)24-14-8-7-13-23-19-9-5-6-12-22-19;/h5-6,9-12,15H,4,7-8,13-14H2,1-3H3,(H,22,23)(H2,21,24,25);1H. The highest BCUT2D eigenvalue weighted by atomic mass is 127. The summed E-state index contributed by atoms with van der Waals surface area (Å²) in [6, 6.07) is 11.6. The maximum Gasteiger partial charge on any atom is 0.195 e. The molecule has 8 heteroatoms.